The highest BCUT2D eigenvalue weighted by Gasteiger charge is 2.22. The number of benzene rings is 2. The molecule has 0 bridgehead atoms. The Bertz CT molecular complexity index is 1540. The summed E-state index contributed by atoms with van der Waals surface area (Å²) in [5.74, 6) is 1.51. The predicted octanol–water partition coefficient (Wildman–Crippen LogP) is 4.28. The van der Waals surface area contributed by atoms with Crippen LogP contribution in [0.15, 0.2) is 53.3 Å². The fourth-order valence-electron chi connectivity index (χ4n) is 4.34. The Morgan fingerprint density at radius 3 is 2.32 bits per heavy atom. The minimum Gasteiger partial charge on any atom is -0.494 e. The maximum absolute atomic E-state index is 13.8. The molecule has 0 radical (unpaired) electrons. The van der Waals surface area contributed by atoms with Gasteiger partial charge in [-0.15, -0.1) is 0 Å². The largest absolute Gasteiger partial charge is 0.494 e. The van der Waals surface area contributed by atoms with Crippen molar-refractivity contribution in [2.45, 2.75) is 33.2 Å². The van der Waals surface area contributed by atoms with E-state index in [9.17, 15) is 4.79 Å². The topological polar surface area (TPSA) is 84.1 Å². The Balaban J connectivity index is 1.85. The molecule has 174 valence electrons. The second-order valence-corrected chi connectivity index (χ2v) is 8.03. The van der Waals surface area contributed by atoms with Crippen LogP contribution < -0.4 is 10.3 Å². The van der Waals surface area contributed by atoms with Gasteiger partial charge in [0.15, 0.2) is 11.3 Å². The molecule has 0 saturated carbocycles. The third-order valence-electron chi connectivity index (χ3n) is 5.89. The van der Waals surface area contributed by atoms with Gasteiger partial charge >= 0.3 is 0 Å². The third kappa shape index (κ3) is 3.70. The number of ether oxygens (including phenoxy) is 2. The molecule has 8 heteroatoms. The van der Waals surface area contributed by atoms with Crippen LogP contribution in [0.2, 0.25) is 0 Å². The van der Waals surface area contributed by atoms with Gasteiger partial charge in [-0.05, 0) is 49.7 Å². The van der Waals surface area contributed by atoms with Crippen molar-refractivity contribution < 1.29 is 9.47 Å². The van der Waals surface area contributed by atoms with Crippen molar-refractivity contribution in [1.82, 2.24) is 24.1 Å². The van der Waals surface area contributed by atoms with Gasteiger partial charge in [0.05, 0.1) is 17.6 Å². The highest BCUT2D eigenvalue weighted by atomic mass is 16.5. The van der Waals surface area contributed by atoms with Crippen molar-refractivity contribution in [1.29, 1.82) is 0 Å². The predicted molar refractivity (Wildman–Crippen MR) is 133 cm³/mol. The first-order chi connectivity index (χ1) is 16.7. The first-order valence-corrected chi connectivity index (χ1v) is 11.6. The lowest BCUT2D eigenvalue weighted by Crippen LogP contribution is -2.26. The molecule has 0 unspecified atom stereocenters. The van der Waals surface area contributed by atoms with Gasteiger partial charge in [-0.3, -0.25) is 13.9 Å². The van der Waals surface area contributed by atoms with E-state index in [1.165, 1.54) is 0 Å². The van der Waals surface area contributed by atoms with E-state index in [1.54, 1.807) is 11.7 Å². The zero-order valence-electron chi connectivity index (χ0n) is 19.6. The van der Waals surface area contributed by atoms with E-state index in [1.807, 2.05) is 66.9 Å². The number of aromatic nitrogens is 5. The average Bonchev–Trinajstić information content (AvgIpc) is 3.17. The molecule has 0 spiro atoms. The quantitative estimate of drug-likeness (QED) is 0.323. The van der Waals surface area contributed by atoms with Crippen LogP contribution in [-0.2, 0) is 17.7 Å². The number of nitrogens with zero attached hydrogens (tertiary/aromatic N) is 5. The summed E-state index contributed by atoms with van der Waals surface area (Å²) in [6, 6.07) is 15.4. The molecule has 0 aliphatic rings. The Morgan fingerprint density at radius 2 is 1.65 bits per heavy atom. The number of methoxy groups -OCH3 is 1. The lowest BCUT2D eigenvalue weighted by Gasteiger charge is -2.12. The molecule has 0 fully saturated rings. The number of rotatable bonds is 8. The molecule has 0 aliphatic heterocycles. The molecule has 0 N–H and O–H groups in total. The zero-order valence-corrected chi connectivity index (χ0v) is 19.6. The summed E-state index contributed by atoms with van der Waals surface area (Å²) >= 11 is 0. The molecule has 8 nitrogen and oxygen atoms in total. The monoisotopic (exact) mass is 457 g/mol. The van der Waals surface area contributed by atoms with Crippen LogP contribution in [0.25, 0.3) is 38.9 Å². The third-order valence-corrected chi connectivity index (χ3v) is 5.89. The van der Waals surface area contributed by atoms with Crippen LogP contribution in [0.3, 0.4) is 0 Å². The van der Waals surface area contributed by atoms with Gasteiger partial charge in [0.1, 0.15) is 22.5 Å². The van der Waals surface area contributed by atoms with Crippen LogP contribution in [0.4, 0.5) is 0 Å². The molecule has 0 aliphatic carbocycles. The van der Waals surface area contributed by atoms with Gasteiger partial charge < -0.3 is 9.47 Å². The lowest BCUT2D eigenvalue weighted by atomic mass is 10.2. The van der Waals surface area contributed by atoms with Crippen LogP contribution in [0.5, 0.6) is 5.75 Å². The maximum Gasteiger partial charge on any atom is 0.265 e. The summed E-state index contributed by atoms with van der Waals surface area (Å²) in [7, 11) is 1.66. The second-order valence-electron chi connectivity index (χ2n) is 8.03. The average molecular weight is 458 g/mol. The van der Waals surface area contributed by atoms with Gasteiger partial charge in [0, 0.05) is 32.4 Å². The molecular weight excluding hydrogens is 430 g/mol. The summed E-state index contributed by atoms with van der Waals surface area (Å²) in [5.41, 5.74) is 3.99. The fourth-order valence-corrected chi connectivity index (χ4v) is 4.34. The highest BCUT2D eigenvalue weighted by Crippen LogP contribution is 2.29. The smallest absolute Gasteiger partial charge is 0.265 e. The van der Waals surface area contributed by atoms with E-state index in [-0.39, 0.29) is 5.56 Å². The summed E-state index contributed by atoms with van der Waals surface area (Å²) in [6.07, 6.45) is 1.36. The molecular formula is C26H27N5O3. The molecule has 3 aromatic heterocycles. The lowest BCUT2D eigenvalue weighted by molar-refractivity contribution is 0.189. The zero-order chi connectivity index (χ0) is 23.7. The van der Waals surface area contributed by atoms with Crippen molar-refractivity contribution in [3.05, 3.63) is 64.7 Å². The summed E-state index contributed by atoms with van der Waals surface area (Å²) in [5, 5.41) is 0.483. The van der Waals surface area contributed by atoms with Crippen LogP contribution in [-0.4, -0.2) is 44.4 Å². The molecule has 34 heavy (non-hydrogen) atoms. The van der Waals surface area contributed by atoms with Crippen molar-refractivity contribution in [3.63, 3.8) is 0 Å². The first-order valence-electron chi connectivity index (χ1n) is 11.6. The Hall–Kier alpha value is -3.78. The normalized spacial score (nSPS) is 11.6. The molecule has 0 saturated heterocycles. The second kappa shape index (κ2) is 9.23. The molecule has 5 rings (SSSR count). The van der Waals surface area contributed by atoms with Crippen molar-refractivity contribution in [2.75, 3.05) is 20.3 Å². The van der Waals surface area contributed by atoms with Crippen molar-refractivity contribution in [2.24, 2.45) is 0 Å². The summed E-state index contributed by atoms with van der Waals surface area (Å²) in [4.78, 5) is 28.6. The van der Waals surface area contributed by atoms with Crippen LogP contribution in [0.1, 0.15) is 26.1 Å². The van der Waals surface area contributed by atoms with Gasteiger partial charge in [0.25, 0.3) is 5.56 Å². The SMILES string of the molecule is CCOc1ccc(-n2c3nc4ccccc4nc3c3c(=O)n(CCCOC)c(CC)nc32)cc1. The molecule has 0 atom stereocenters. The van der Waals surface area contributed by atoms with E-state index < -0.39 is 0 Å². The van der Waals surface area contributed by atoms with Crippen LogP contribution in [0, 0.1) is 0 Å². The van der Waals surface area contributed by atoms with E-state index in [4.69, 9.17) is 24.4 Å². The fraction of sp³-hybridized carbons (Fsp3) is 0.308. The molecule has 2 aromatic carbocycles. The molecule has 0 amide bonds. The molecule has 3 heterocycles. The minimum atomic E-state index is -0.0998. The number of fused-ring (bicyclic) bond motifs is 4. The Kier molecular flexibility index (Phi) is 5.98. The summed E-state index contributed by atoms with van der Waals surface area (Å²) in [6.45, 7) is 5.67. The number of aryl methyl sites for hydroxylation is 1. The van der Waals surface area contributed by atoms with E-state index in [0.29, 0.717) is 48.4 Å². The number of para-hydroxylation sites is 2. The minimum absolute atomic E-state index is 0.0998. The van der Waals surface area contributed by atoms with Crippen LogP contribution >= 0.6 is 0 Å². The highest BCUT2D eigenvalue weighted by molar-refractivity contribution is 6.05. The number of hydrogen-bond acceptors (Lipinski definition) is 6. The standard InChI is InChI=1S/C26H27N5O3/c1-4-21-29-24-22(26(32)30(21)15-8-16-33-3)23-25(28-20-10-7-6-9-19(20)27-23)31(24)17-11-13-18(14-12-17)34-5-2/h6-7,9-14H,4-5,8,15-16H2,1-3H3. The van der Waals surface area contributed by atoms with Gasteiger partial charge in [0.2, 0.25) is 0 Å². The Labute approximate surface area is 196 Å². The Morgan fingerprint density at radius 1 is 0.912 bits per heavy atom. The summed E-state index contributed by atoms with van der Waals surface area (Å²) < 4.78 is 14.5. The van der Waals surface area contributed by atoms with Crippen molar-refractivity contribution >= 4 is 33.2 Å². The van der Waals surface area contributed by atoms with E-state index >= 15 is 0 Å². The van der Waals surface area contributed by atoms with Crippen molar-refractivity contribution in [3.8, 4) is 11.4 Å². The van der Waals surface area contributed by atoms with E-state index in [0.717, 1.165) is 34.7 Å². The maximum atomic E-state index is 13.8. The number of hydrogen-bond donors (Lipinski definition) is 0. The molecule has 5 aromatic rings. The van der Waals surface area contributed by atoms with Gasteiger partial charge in [-0.1, -0.05) is 19.1 Å². The van der Waals surface area contributed by atoms with Gasteiger partial charge in [-0.2, -0.15) is 0 Å². The van der Waals surface area contributed by atoms with E-state index in [2.05, 4.69) is 0 Å². The van der Waals surface area contributed by atoms with Gasteiger partial charge in [-0.25, -0.2) is 15.0 Å². The first kappa shape index (κ1) is 22.0.